The molecule has 1 aromatic heterocycles. The number of nitrogens with zero attached hydrogens (tertiary/aromatic N) is 2. The molecule has 2 amide bonds. The van der Waals surface area contributed by atoms with E-state index in [4.69, 9.17) is 5.73 Å². The van der Waals surface area contributed by atoms with Crippen molar-refractivity contribution in [3.8, 4) is 0 Å². The summed E-state index contributed by atoms with van der Waals surface area (Å²) in [5.41, 5.74) is 9.35. The number of piperidine rings is 1. The van der Waals surface area contributed by atoms with E-state index in [1.165, 1.54) is 5.56 Å². The molecular weight excluding hydrogens is 338 g/mol. The van der Waals surface area contributed by atoms with Crippen LogP contribution in [0, 0.1) is 12.8 Å². The van der Waals surface area contributed by atoms with Crippen LogP contribution < -0.4 is 5.73 Å². The summed E-state index contributed by atoms with van der Waals surface area (Å²) >= 11 is 0. The number of aryl methyl sites for hydroxylation is 2. The summed E-state index contributed by atoms with van der Waals surface area (Å²) in [7, 11) is 0. The largest absolute Gasteiger partial charge is 0.370 e. The van der Waals surface area contributed by atoms with Gasteiger partial charge in [0.15, 0.2) is 0 Å². The van der Waals surface area contributed by atoms with Crippen LogP contribution in [-0.2, 0) is 17.6 Å². The van der Waals surface area contributed by atoms with Crippen LogP contribution in [0.2, 0.25) is 0 Å². The van der Waals surface area contributed by atoms with Crippen LogP contribution in [0.25, 0.3) is 0 Å². The molecule has 3 rings (SSSR count). The molecule has 0 spiro atoms. The van der Waals surface area contributed by atoms with E-state index >= 15 is 0 Å². The number of carbonyl (C=O) groups excluding carboxylic acids is 2. The lowest BCUT2D eigenvalue weighted by molar-refractivity contribution is -0.117. The Morgan fingerprint density at radius 3 is 2.41 bits per heavy atom. The van der Waals surface area contributed by atoms with Crippen LogP contribution in [0.5, 0.6) is 0 Å². The topological polar surface area (TPSA) is 76.3 Å². The summed E-state index contributed by atoms with van der Waals surface area (Å²) in [6.07, 6.45) is 7.56. The molecule has 142 valence electrons. The van der Waals surface area contributed by atoms with Crippen molar-refractivity contribution in [3.05, 3.63) is 65.0 Å². The van der Waals surface area contributed by atoms with E-state index in [-0.39, 0.29) is 11.8 Å². The standard InChI is InChI=1S/C22H27N3O2/c1-16-8-11-24-15-20(16)22(27)25-12-9-19(10-13-25)14-18-4-2-17(3-5-18)6-7-21(23)26/h2-5,8,11,15,19H,6-7,9-10,12-14H2,1H3,(H2,23,26). The second-order valence-electron chi connectivity index (χ2n) is 7.41. The molecule has 0 atom stereocenters. The molecule has 0 bridgehead atoms. The Bertz CT molecular complexity index is 793. The first kappa shape index (κ1) is 19.1. The third-order valence-corrected chi connectivity index (χ3v) is 5.38. The zero-order valence-electron chi connectivity index (χ0n) is 15.9. The highest BCUT2D eigenvalue weighted by Gasteiger charge is 2.24. The lowest BCUT2D eigenvalue weighted by Gasteiger charge is -2.32. The summed E-state index contributed by atoms with van der Waals surface area (Å²) in [5, 5.41) is 0. The van der Waals surface area contributed by atoms with Crippen LogP contribution in [0.1, 0.15) is 46.3 Å². The third-order valence-electron chi connectivity index (χ3n) is 5.38. The second-order valence-corrected chi connectivity index (χ2v) is 7.41. The Kier molecular flexibility index (Phi) is 6.22. The van der Waals surface area contributed by atoms with Crippen LogP contribution in [0.4, 0.5) is 0 Å². The van der Waals surface area contributed by atoms with Crippen molar-refractivity contribution in [2.75, 3.05) is 13.1 Å². The van der Waals surface area contributed by atoms with Crippen molar-refractivity contribution in [1.82, 2.24) is 9.88 Å². The molecule has 0 aliphatic carbocycles. The molecule has 0 unspecified atom stereocenters. The minimum Gasteiger partial charge on any atom is -0.370 e. The van der Waals surface area contributed by atoms with Gasteiger partial charge in [0, 0.05) is 31.9 Å². The summed E-state index contributed by atoms with van der Waals surface area (Å²) in [6.45, 7) is 3.55. The Balaban J connectivity index is 1.50. The predicted molar refractivity (Wildman–Crippen MR) is 105 cm³/mol. The van der Waals surface area contributed by atoms with Gasteiger partial charge in [0.1, 0.15) is 0 Å². The lowest BCUT2D eigenvalue weighted by Crippen LogP contribution is -2.39. The van der Waals surface area contributed by atoms with Crippen LogP contribution in [0.3, 0.4) is 0 Å². The Hall–Kier alpha value is -2.69. The Labute approximate surface area is 160 Å². The van der Waals surface area contributed by atoms with Crippen molar-refractivity contribution < 1.29 is 9.59 Å². The third kappa shape index (κ3) is 5.16. The van der Waals surface area contributed by atoms with Crippen LogP contribution >= 0.6 is 0 Å². The molecule has 5 nitrogen and oxygen atoms in total. The first-order valence-electron chi connectivity index (χ1n) is 9.59. The molecule has 1 saturated heterocycles. The molecule has 2 N–H and O–H groups in total. The zero-order valence-corrected chi connectivity index (χ0v) is 15.9. The predicted octanol–water partition coefficient (Wildman–Crippen LogP) is 2.90. The van der Waals surface area contributed by atoms with E-state index in [0.29, 0.717) is 24.3 Å². The van der Waals surface area contributed by atoms with Gasteiger partial charge < -0.3 is 10.6 Å². The summed E-state index contributed by atoms with van der Waals surface area (Å²) in [6, 6.07) is 10.3. The van der Waals surface area contributed by atoms with Crippen molar-refractivity contribution in [1.29, 1.82) is 0 Å². The highest BCUT2D eigenvalue weighted by Crippen LogP contribution is 2.23. The average molecular weight is 365 g/mol. The van der Waals surface area contributed by atoms with Gasteiger partial charge in [-0.25, -0.2) is 0 Å². The quantitative estimate of drug-likeness (QED) is 0.855. The number of benzene rings is 1. The fourth-order valence-electron chi connectivity index (χ4n) is 3.64. The van der Waals surface area contributed by atoms with Crippen molar-refractivity contribution in [2.24, 2.45) is 11.7 Å². The molecule has 1 fully saturated rings. The molecule has 0 saturated carbocycles. The summed E-state index contributed by atoms with van der Waals surface area (Å²) < 4.78 is 0. The van der Waals surface area contributed by atoms with Crippen molar-refractivity contribution >= 4 is 11.8 Å². The molecule has 1 aliphatic heterocycles. The Morgan fingerprint density at radius 1 is 1.11 bits per heavy atom. The maximum Gasteiger partial charge on any atom is 0.255 e. The monoisotopic (exact) mass is 365 g/mol. The lowest BCUT2D eigenvalue weighted by atomic mass is 9.89. The van der Waals surface area contributed by atoms with Gasteiger partial charge in [-0.15, -0.1) is 0 Å². The molecule has 27 heavy (non-hydrogen) atoms. The molecule has 1 aliphatic rings. The first-order valence-corrected chi connectivity index (χ1v) is 9.59. The van der Waals surface area contributed by atoms with Gasteiger partial charge in [0.25, 0.3) is 5.91 Å². The number of pyridine rings is 1. The van der Waals surface area contributed by atoms with Gasteiger partial charge in [-0.05, 0) is 61.3 Å². The second kappa shape index (κ2) is 8.80. The number of nitrogens with two attached hydrogens (primary N) is 1. The van der Waals surface area contributed by atoms with E-state index in [1.807, 2.05) is 17.9 Å². The number of hydrogen-bond donors (Lipinski definition) is 1. The highest BCUT2D eigenvalue weighted by atomic mass is 16.2. The van der Waals surface area contributed by atoms with E-state index in [9.17, 15) is 9.59 Å². The van der Waals surface area contributed by atoms with Gasteiger partial charge in [0.2, 0.25) is 5.91 Å². The number of likely N-dealkylation sites (tertiary alicyclic amines) is 1. The zero-order chi connectivity index (χ0) is 19.2. The molecule has 2 heterocycles. The number of carbonyl (C=O) groups is 2. The average Bonchev–Trinajstić information content (AvgIpc) is 2.68. The van der Waals surface area contributed by atoms with Gasteiger partial charge >= 0.3 is 0 Å². The highest BCUT2D eigenvalue weighted by molar-refractivity contribution is 5.95. The summed E-state index contributed by atoms with van der Waals surface area (Å²) in [5.74, 6) is 0.431. The van der Waals surface area contributed by atoms with Crippen molar-refractivity contribution in [2.45, 2.75) is 39.0 Å². The fourth-order valence-corrected chi connectivity index (χ4v) is 3.64. The van der Waals surface area contributed by atoms with E-state index in [2.05, 4.69) is 29.2 Å². The molecule has 2 aromatic rings. The smallest absolute Gasteiger partial charge is 0.255 e. The normalized spacial score (nSPS) is 14.9. The first-order chi connectivity index (χ1) is 13.0. The number of hydrogen-bond acceptors (Lipinski definition) is 3. The van der Waals surface area contributed by atoms with Crippen LogP contribution in [0.15, 0.2) is 42.7 Å². The number of primary amides is 1. The Morgan fingerprint density at radius 2 is 1.78 bits per heavy atom. The van der Waals surface area contributed by atoms with Crippen molar-refractivity contribution in [3.63, 3.8) is 0 Å². The fraction of sp³-hybridized carbons (Fsp3) is 0.409. The van der Waals surface area contributed by atoms with E-state index < -0.39 is 0 Å². The summed E-state index contributed by atoms with van der Waals surface area (Å²) in [4.78, 5) is 29.6. The van der Waals surface area contributed by atoms with Gasteiger partial charge in [-0.2, -0.15) is 0 Å². The van der Waals surface area contributed by atoms with E-state index in [0.717, 1.165) is 43.5 Å². The minimum atomic E-state index is -0.262. The van der Waals surface area contributed by atoms with Gasteiger partial charge in [-0.1, -0.05) is 24.3 Å². The molecule has 0 radical (unpaired) electrons. The SMILES string of the molecule is Cc1ccncc1C(=O)N1CCC(Cc2ccc(CCC(N)=O)cc2)CC1. The van der Waals surface area contributed by atoms with Gasteiger partial charge in [0.05, 0.1) is 5.56 Å². The van der Waals surface area contributed by atoms with Gasteiger partial charge in [-0.3, -0.25) is 14.6 Å². The maximum absolute atomic E-state index is 12.7. The minimum absolute atomic E-state index is 0.0952. The number of aromatic nitrogens is 1. The maximum atomic E-state index is 12.7. The van der Waals surface area contributed by atoms with Crippen LogP contribution in [-0.4, -0.2) is 34.8 Å². The van der Waals surface area contributed by atoms with E-state index in [1.54, 1.807) is 12.4 Å². The number of amides is 2. The number of rotatable bonds is 6. The molecule has 1 aromatic carbocycles. The molecule has 5 heteroatoms. The molecular formula is C22H27N3O2.